The standard InChI is InChI=1S/C17H14ClN3O2S.CH4O3S/c1-23-13-6-5-9(18)7-11(13)10-3-2-4-14-12(10)8-15(24-14)16(22)21-17(19)20;1-5(2,3)4/h2-8H,1H3,(H4,19,20,21,22);1H3,(H,2,3,4). The van der Waals surface area contributed by atoms with E-state index < -0.39 is 16.0 Å². The highest BCUT2D eigenvalue weighted by atomic mass is 35.5. The molecule has 1 amide bonds. The van der Waals surface area contributed by atoms with Gasteiger partial charge in [0.15, 0.2) is 5.96 Å². The highest BCUT2D eigenvalue weighted by molar-refractivity contribution is 7.85. The SMILES string of the molecule is COc1ccc(Cl)cc1-c1cccc2sc(C(=O)NC(=N)N)cc12.CS(=O)(=O)O. The maximum absolute atomic E-state index is 12.1. The van der Waals surface area contributed by atoms with Crippen LogP contribution in [0, 0.1) is 5.41 Å². The molecule has 2 aromatic carbocycles. The number of nitrogens with two attached hydrogens (primary N) is 1. The fourth-order valence-electron chi connectivity index (χ4n) is 2.48. The number of amides is 1. The molecule has 8 nitrogen and oxygen atoms in total. The van der Waals surface area contributed by atoms with Crippen LogP contribution in [0.3, 0.4) is 0 Å². The summed E-state index contributed by atoms with van der Waals surface area (Å²) in [6.07, 6.45) is 0.715. The first-order valence-corrected chi connectivity index (χ1v) is 11.0. The number of carbonyl (C=O) groups is 1. The van der Waals surface area contributed by atoms with Crippen LogP contribution in [-0.4, -0.2) is 38.2 Å². The van der Waals surface area contributed by atoms with Gasteiger partial charge in [-0.25, -0.2) is 0 Å². The third-order valence-electron chi connectivity index (χ3n) is 3.49. The Bertz CT molecular complexity index is 1170. The summed E-state index contributed by atoms with van der Waals surface area (Å²) in [5, 5.41) is 11.0. The number of nitrogens with one attached hydrogen (secondary N) is 2. The van der Waals surface area contributed by atoms with E-state index >= 15 is 0 Å². The van der Waals surface area contributed by atoms with Gasteiger partial charge in [-0.3, -0.25) is 20.1 Å². The third kappa shape index (κ3) is 6.43. The normalized spacial score (nSPS) is 10.8. The molecule has 29 heavy (non-hydrogen) atoms. The summed E-state index contributed by atoms with van der Waals surface area (Å²) in [4.78, 5) is 12.6. The summed E-state index contributed by atoms with van der Waals surface area (Å²) in [5.74, 6) is -0.0743. The van der Waals surface area contributed by atoms with Crippen molar-refractivity contribution in [1.82, 2.24) is 5.32 Å². The van der Waals surface area contributed by atoms with Crippen LogP contribution in [0.4, 0.5) is 0 Å². The lowest BCUT2D eigenvalue weighted by molar-refractivity contribution is 0.0980. The van der Waals surface area contributed by atoms with Crippen LogP contribution in [0.25, 0.3) is 21.2 Å². The molecular formula is C18H18ClN3O5S2. The monoisotopic (exact) mass is 455 g/mol. The minimum atomic E-state index is -3.67. The number of halogens is 1. The van der Waals surface area contributed by atoms with Crippen LogP contribution in [0.15, 0.2) is 42.5 Å². The second-order valence-corrected chi connectivity index (χ2v) is 8.76. The van der Waals surface area contributed by atoms with Gasteiger partial charge >= 0.3 is 0 Å². The number of carbonyl (C=O) groups excluding carboxylic acids is 1. The van der Waals surface area contributed by atoms with Crippen LogP contribution in [0.5, 0.6) is 5.75 Å². The summed E-state index contributed by atoms with van der Waals surface area (Å²) in [6.45, 7) is 0. The fraction of sp³-hybridized carbons (Fsp3) is 0.111. The second-order valence-electron chi connectivity index (χ2n) is 5.77. The number of benzene rings is 2. The predicted octanol–water partition coefficient (Wildman–Crippen LogP) is 3.36. The first-order valence-electron chi connectivity index (χ1n) is 7.94. The first-order chi connectivity index (χ1) is 13.5. The van der Waals surface area contributed by atoms with Gasteiger partial charge in [0.05, 0.1) is 18.2 Å². The molecule has 0 atom stereocenters. The summed E-state index contributed by atoms with van der Waals surface area (Å²) < 4.78 is 32.2. The average molecular weight is 456 g/mol. The van der Waals surface area contributed by atoms with Gasteiger partial charge in [0.1, 0.15) is 5.75 Å². The Morgan fingerprint density at radius 1 is 1.24 bits per heavy atom. The van der Waals surface area contributed by atoms with Crippen LogP contribution < -0.4 is 15.8 Å². The summed E-state index contributed by atoms with van der Waals surface area (Å²) in [7, 11) is -2.06. The van der Waals surface area contributed by atoms with E-state index in [2.05, 4.69) is 5.32 Å². The van der Waals surface area contributed by atoms with Crippen molar-refractivity contribution < 1.29 is 22.5 Å². The van der Waals surface area contributed by atoms with Crippen molar-refractivity contribution in [3.8, 4) is 16.9 Å². The molecule has 0 bridgehead atoms. The number of rotatable bonds is 3. The molecule has 0 saturated carbocycles. The second kappa shape index (κ2) is 9.23. The number of thiophene rings is 1. The quantitative estimate of drug-likeness (QED) is 0.271. The molecule has 3 aromatic rings. The Balaban J connectivity index is 0.000000537. The Hall–Kier alpha value is -2.66. The number of fused-ring (bicyclic) bond motifs is 1. The van der Waals surface area contributed by atoms with E-state index in [0.29, 0.717) is 21.9 Å². The molecule has 1 heterocycles. The minimum Gasteiger partial charge on any atom is -0.496 e. The largest absolute Gasteiger partial charge is 0.496 e. The molecule has 11 heteroatoms. The van der Waals surface area contributed by atoms with Gasteiger partial charge in [-0.15, -0.1) is 11.3 Å². The van der Waals surface area contributed by atoms with E-state index in [0.717, 1.165) is 21.2 Å². The first kappa shape index (κ1) is 22.6. The molecule has 3 rings (SSSR count). The molecule has 5 N–H and O–H groups in total. The van der Waals surface area contributed by atoms with Gasteiger partial charge in [0.2, 0.25) is 0 Å². The van der Waals surface area contributed by atoms with Gasteiger partial charge in [0.25, 0.3) is 16.0 Å². The smallest absolute Gasteiger partial charge is 0.268 e. The van der Waals surface area contributed by atoms with Gasteiger partial charge < -0.3 is 10.5 Å². The molecule has 0 radical (unpaired) electrons. The highest BCUT2D eigenvalue weighted by Gasteiger charge is 2.15. The Labute approximate surface area is 176 Å². The molecule has 0 aliphatic heterocycles. The van der Waals surface area contributed by atoms with Crippen molar-refractivity contribution >= 4 is 55.0 Å². The van der Waals surface area contributed by atoms with Crippen molar-refractivity contribution in [2.75, 3.05) is 13.4 Å². The number of methoxy groups -OCH3 is 1. The molecule has 0 aliphatic rings. The average Bonchev–Trinajstić information content (AvgIpc) is 3.04. The number of hydrogen-bond acceptors (Lipinski definition) is 6. The summed E-state index contributed by atoms with van der Waals surface area (Å²) >= 11 is 7.47. The zero-order valence-corrected chi connectivity index (χ0v) is 17.8. The van der Waals surface area contributed by atoms with E-state index in [1.165, 1.54) is 11.3 Å². The van der Waals surface area contributed by atoms with E-state index in [9.17, 15) is 13.2 Å². The van der Waals surface area contributed by atoms with Crippen molar-refractivity contribution in [3.63, 3.8) is 0 Å². The zero-order chi connectivity index (χ0) is 21.8. The van der Waals surface area contributed by atoms with Crippen LogP contribution in [-0.2, 0) is 10.1 Å². The van der Waals surface area contributed by atoms with E-state index in [1.807, 2.05) is 30.3 Å². The maximum Gasteiger partial charge on any atom is 0.268 e. The highest BCUT2D eigenvalue weighted by Crippen LogP contribution is 2.39. The van der Waals surface area contributed by atoms with Crippen molar-refractivity contribution in [2.45, 2.75) is 0 Å². The molecule has 0 saturated heterocycles. The van der Waals surface area contributed by atoms with Crippen LogP contribution in [0.1, 0.15) is 9.67 Å². The Kier molecular flexibility index (Phi) is 7.20. The molecule has 0 spiro atoms. The topological polar surface area (TPSA) is 143 Å². The Morgan fingerprint density at radius 2 is 1.90 bits per heavy atom. The van der Waals surface area contributed by atoms with E-state index in [1.54, 1.807) is 19.2 Å². The van der Waals surface area contributed by atoms with Crippen LogP contribution in [0.2, 0.25) is 5.02 Å². The van der Waals surface area contributed by atoms with Crippen LogP contribution >= 0.6 is 22.9 Å². The number of hydrogen-bond donors (Lipinski definition) is 4. The lowest BCUT2D eigenvalue weighted by Crippen LogP contribution is -2.35. The van der Waals surface area contributed by atoms with E-state index in [4.69, 9.17) is 32.0 Å². The molecule has 0 fully saturated rings. The minimum absolute atomic E-state index is 0.380. The summed E-state index contributed by atoms with van der Waals surface area (Å²) in [6, 6.07) is 13.0. The van der Waals surface area contributed by atoms with Crippen molar-refractivity contribution in [1.29, 1.82) is 5.41 Å². The van der Waals surface area contributed by atoms with Gasteiger partial charge in [-0.05, 0) is 35.9 Å². The molecule has 1 aromatic heterocycles. The van der Waals surface area contributed by atoms with E-state index in [-0.39, 0.29) is 5.96 Å². The van der Waals surface area contributed by atoms with Gasteiger partial charge in [-0.1, -0.05) is 23.7 Å². The summed E-state index contributed by atoms with van der Waals surface area (Å²) in [5.41, 5.74) is 7.00. The lowest BCUT2D eigenvalue weighted by Gasteiger charge is -2.10. The van der Waals surface area contributed by atoms with Crippen molar-refractivity contribution in [2.24, 2.45) is 5.73 Å². The van der Waals surface area contributed by atoms with Gasteiger partial charge in [-0.2, -0.15) is 8.42 Å². The molecular weight excluding hydrogens is 438 g/mol. The lowest BCUT2D eigenvalue weighted by atomic mass is 10.0. The van der Waals surface area contributed by atoms with Crippen molar-refractivity contribution in [3.05, 3.63) is 52.4 Å². The third-order valence-corrected chi connectivity index (χ3v) is 4.82. The molecule has 0 unspecified atom stereocenters. The fourth-order valence-corrected chi connectivity index (χ4v) is 3.64. The predicted molar refractivity (Wildman–Crippen MR) is 116 cm³/mol. The Morgan fingerprint density at radius 3 is 2.48 bits per heavy atom. The number of guanidine groups is 1. The molecule has 154 valence electrons. The maximum atomic E-state index is 12.1. The zero-order valence-electron chi connectivity index (χ0n) is 15.4. The number of ether oxygens (including phenoxy) is 1. The molecule has 0 aliphatic carbocycles. The van der Waals surface area contributed by atoms with Gasteiger partial charge in [0, 0.05) is 20.7 Å².